The number of para-hydroxylation sites is 5. The van der Waals surface area contributed by atoms with Crippen LogP contribution in [-0.4, -0.2) is 18.7 Å². The number of benzene rings is 6. The van der Waals surface area contributed by atoms with Gasteiger partial charge in [0.25, 0.3) is 0 Å². The second-order valence-corrected chi connectivity index (χ2v) is 11.1. The van der Waals surface area contributed by atoms with Gasteiger partial charge in [-0.25, -0.2) is 4.98 Å². The molecule has 1 aliphatic rings. The minimum absolute atomic E-state index is 0.00159. The molecule has 0 spiro atoms. The maximum Gasteiger partial charge on any atom is 0.174 e. The van der Waals surface area contributed by atoms with Gasteiger partial charge in [0.2, 0.25) is 0 Å². The molecule has 0 unspecified atom stereocenters. The van der Waals surface area contributed by atoms with E-state index >= 15 is 0 Å². The molecule has 0 atom stereocenters. The Bertz CT molecular complexity index is 3290. The lowest BCUT2D eigenvalue weighted by Gasteiger charge is -2.20. The summed E-state index contributed by atoms with van der Waals surface area (Å²) >= 11 is 1.58. The molecule has 0 saturated carbocycles. The molecule has 1 aliphatic heterocycles. The first-order valence-electron chi connectivity index (χ1n) is 20.4. The van der Waals surface area contributed by atoms with Gasteiger partial charge in [-0.1, -0.05) is 84.3 Å². The number of aromatic nitrogens is 4. The van der Waals surface area contributed by atoms with E-state index in [4.69, 9.17) is 21.4 Å². The van der Waals surface area contributed by atoms with Crippen molar-refractivity contribution in [3.05, 3.63) is 139 Å². The lowest BCUT2D eigenvalue weighted by molar-refractivity contribution is 0.892. The van der Waals surface area contributed by atoms with Crippen LogP contribution in [0.25, 0.3) is 71.7 Å². The first-order valence-corrected chi connectivity index (χ1v) is 14.4. The van der Waals surface area contributed by atoms with E-state index < -0.39 is 78.6 Å². The minimum atomic E-state index is -0.656. The fourth-order valence-corrected chi connectivity index (χ4v) is 7.12. The van der Waals surface area contributed by atoms with Crippen LogP contribution in [0, 0.1) is 0 Å². The van der Waals surface area contributed by atoms with Gasteiger partial charge in [-0.05, 0) is 66.1 Å². The first-order chi connectivity index (χ1) is 27.1. The van der Waals surface area contributed by atoms with Crippen molar-refractivity contribution in [1.29, 1.82) is 0 Å². The number of imidazole rings is 1. The SMILES string of the molecule is [2H]c1cc2c(c([2H])c1-n1c3c([2H])c([2H])c([2H])c([2H])c3c3c([2H])c([2H])c([2H])c([2H])c31)c1c([2H])c([2H])c([2H])c([2H])c1n2-c1ccc2c(c1)-n1c(nc3ccccc31)SC2. The summed E-state index contributed by atoms with van der Waals surface area (Å²) in [5.74, 6) is 0.626. The largest absolute Gasteiger partial charge is 0.309 e. The monoisotopic (exact) mass is 582 g/mol. The van der Waals surface area contributed by atoms with Gasteiger partial charge in [-0.2, -0.15) is 0 Å². The third-order valence-corrected chi connectivity index (χ3v) is 8.93. The lowest BCUT2D eigenvalue weighted by Crippen LogP contribution is -2.07. The van der Waals surface area contributed by atoms with Crippen LogP contribution in [0.1, 0.15) is 24.8 Å². The zero-order chi connectivity index (χ0) is 40.3. The molecule has 10 rings (SSSR count). The number of hydrogen-bond acceptors (Lipinski definition) is 2. The molecule has 3 aromatic heterocycles. The van der Waals surface area contributed by atoms with E-state index in [1.54, 1.807) is 16.3 Å². The van der Waals surface area contributed by atoms with Crippen molar-refractivity contribution < 1.29 is 19.2 Å². The highest BCUT2D eigenvalue weighted by molar-refractivity contribution is 7.98. The molecular formula is C38H24N4S. The molecule has 6 aromatic carbocycles. The quantitative estimate of drug-likeness (QED) is 0.203. The maximum atomic E-state index is 9.81. The number of rotatable bonds is 2. The van der Waals surface area contributed by atoms with Gasteiger partial charge in [0, 0.05) is 38.7 Å². The number of hydrogen-bond donors (Lipinski definition) is 0. The Morgan fingerprint density at radius 2 is 1.23 bits per heavy atom. The molecule has 5 heteroatoms. The smallest absolute Gasteiger partial charge is 0.174 e. The first kappa shape index (κ1) is 13.8. The predicted octanol–water partition coefficient (Wildman–Crippen LogP) is 9.83. The van der Waals surface area contributed by atoms with Gasteiger partial charge in [0.1, 0.15) is 0 Å². The van der Waals surface area contributed by atoms with Crippen LogP contribution >= 0.6 is 11.8 Å². The molecule has 4 heterocycles. The Morgan fingerprint density at radius 3 is 1.98 bits per heavy atom. The van der Waals surface area contributed by atoms with Crippen molar-refractivity contribution in [1.82, 2.24) is 18.7 Å². The molecule has 202 valence electrons. The zero-order valence-electron chi connectivity index (χ0n) is 36.0. The Kier molecular flexibility index (Phi) is 2.77. The molecule has 0 bridgehead atoms. The van der Waals surface area contributed by atoms with Crippen LogP contribution in [-0.2, 0) is 5.75 Å². The fraction of sp³-hybridized carbons (Fsp3) is 0.0263. The summed E-state index contributed by atoms with van der Waals surface area (Å²) in [6.45, 7) is 0. The van der Waals surface area contributed by atoms with E-state index in [0.717, 1.165) is 32.0 Å². The molecule has 43 heavy (non-hydrogen) atoms. The van der Waals surface area contributed by atoms with Gasteiger partial charge in [-0.15, -0.1) is 0 Å². The van der Waals surface area contributed by atoms with Crippen molar-refractivity contribution in [2.75, 3.05) is 0 Å². The summed E-state index contributed by atoms with van der Waals surface area (Å²) in [6, 6.07) is 7.05. The molecule has 0 radical (unpaired) electrons. The summed E-state index contributed by atoms with van der Waals surface area (Å²) in [7, 11) is 0. The van der Waals surface area contributed by atoms with E-state index in [-0.39, 0.29) is 55.3 Å². The van der Waals surface area contributed by atoms with Crippen LogP contribution in [0.3, 0.4) is 0 Å². The standard InChI is InChI=1S/C38H24N4S/c1-5-13-32-27(9-1)28-10-2-6-14-33(28)40(32)25-19-20-35-30(21-25)29-11-3-7-15-34(29)41(35)26-18-17-24-23-43-38-39-31-12-4-8-16-36(31)42(38)37(24)22-26/h1-22H,23H2/i1D,2D,3D,5D,6D,7D,9D,10D,11D,13D,14D,15D,19D,21D. The molecule has 0 aliphatic carbocycles. The minimum Gasteiger partial charge on any atom is -0.309 e. The molecule has 0 saturated heterocycles. The van der Waals surface area contributed by atoms with Crippen molar-refractivity contribution in [3.63, 3.8) is 0 Å². The van der Waals surface area contributed by atoms with Crippen LogP contribution < -0.4 is 0 Å². The van der Waals surface area contributed by atoms with Gasteiger partial charge >= 0.3 is 0 Å². The Balaban J connectivity index is 1.38. The second kappa shape index (κ2) is 8.63. The van der Waals surface area contributed by atoms with Crippen LogP contribution in [0.4, 0.5) is 0 Å². The third kappa shape index (κ3) is 3.20. The summed E-state index contributed by atoms with van der Waals surface area (Å²) in [4.78, 5) is 4.81. The number of nitrogens with zero attached hydrogens (tertiary/aromatic N) is 4. The molecule has 9 aromatic rings. The van der Waals surface area contributed by atoms with E-state index in [9.17, 15) is 2.74 Å². The Morgan fingerprint density at radius 1 is 0.581 bits per heavy atom. The summed E-state index contributed by atoms with van der Waals surface area (Å²) in [5, 5.41) is 0.309. The second-order valence-electron chi connectivity index (χ2n) is 10.2. The maximum absolute atomic E-state index is 9.81. The molecule has 0 N–H and O–H groups in total. The molecule has 4 nitrogen and oxygen atoms in total. The summed E-state index contributed by atoms with van der Waals surface area (Å²) in [6.07, 6.45) is 0. The van der Waals surface area contributed by atoms with E-state index in [1.807, 2.05) is 47.0 Å². The van der Waals surface area contributed by atoms with E-state index in [2.05, 4.69) is 0 Å². The highest BCUT2D eigenvalue weighted by atomic mass is 32.2. The van der Waals surface area contributed by atoms with Crippen LogP contribution in [0.15, 0.2) is 138 Å². The number of fused-ring (bicyclic) bond motifs is 11. The molecule has 0 amide bonds. The van der Waals surface area contributed by atoms with E-state index in [1.165, 1.54) is 6.07 Å². The van der Waals surface area contributed by atoms with Crippen LogP contribution in [0.2, 0.25) is 0 Å². The molecule has 0 fully saturated rings. The molecular weight excluding hydrogens is 545 g/mol. The third-order valence-electron chi connectivity index (χ3n) is 7.94. The Labute approximate surface area is 271 Å². The predicted molar refractivity (Wildman–Crippen MR) is 179 cm³/mol. The van der Waals surface area contributed by atoms with E-state index in [0.29, 0.717) is 11.4 Å². The topological polar surface area (TPSA) is 27.7 Å². The average molecular weight is 583 g/mol. The fourth-order valence-electron chi connectivity index (χ4n) is 6.10. The Hall–Kier alpha value is -5.26. The highest BCUT2D eigenvalue weighted by Crippen LogP contribution is 2.40. The average Bonchev–Trinajstić information content (AvgIpc) is 3.87. The van der Waals surface area contributed by atoms with Crippen molar-refractivity contribution in [3.8, 4) is 17.1 Å². The van der Waals surface area contributed by atoms with Gasteiger partial charge in [0.15, 0.2) is 5.16 Å². The lowest BCUT2D eigenvalue weighted by atomic mass is 10.1. The van der Waals surface area contributed by atoms with Gasteiger partial charge < -0.3 is 9.13 Å². The van der Waals surface area contributed by atoms with Crippen LogP contribution in [0.5, 0.6) is 0 Å². The van der Waals surface area contributed by atoms with Crippen molar-refractivity contribution in [2.24, 2.45) is 0 Å². The normalized spacial score (nSPS) is 17.5. The number of thioether (sulfide) groups is 1. The van der Waals surface area contributed by atoms with Gasteiger partial charge in [-0.3, -0.25) is 4.57 Å². The van der Waals surface area contributed by atoms with Crippen molar-refractivity contribution >= 4 is 66.4 Å². The van der Waals surface area contributed by atoms with Crippen molar-refractivity contribution in [2.45, 2.75) is 10.9 Å². The highest BCUT2D eigenvalue weighted by Gasteiger charge is 2.22. The summed E-state index contributed by atoms with van der Waals surface area (Å²) in [5.41, 5.74) is 3.30. The summed E-state index contributed by atoms with van der Waals surface area (Å²) < 4.78 is 129. The van der Waals surface area contributed by atoms with Gasteiger partial charge in [0.05, 0.1) is 58.0 Å². The zero-order valence-corrected chi connectivity index (χ0v) is 22.8.